The number of piperazine rings is 1. The molecule has 2 aromatic heterocycles. The topological polar surface area (TPSA) is 92.7 Å². The van der Waals surface area contributed by atoms with E-state index in [0.717, 1.165) is 18.7 Å². The van der Waals surface area contributed by atoms with Gasteiger partial charge in [-0.25, -0.2) is 28.5 Å². The van der Waals surface area contributed by atoms with Gasteiger partial charge in [0, 0.05) is 13.1 Å². The molecule has 0 spiro atoms. The van der Waals surface area contributed by atoms with Gasteiger partial charge in [-0.1, -0.05) is 11.6 Å². The number of pyridine rings is 1. The third-order valence-corrected chi connectivity index (χ3v) is 8.02. The Morgan fingerprint density at radius 1 is 1.18 bits per heavy atom. The Balaban J connectivity index is 1.20. The molecule has 3 aliphatic rings. The zero-order valence-electron chi connectivity index (χ0n) is 22.6. The molecule has 1 saturated carbocycles. The van der Waals surface area contributed by atoms with Gasteiger partial charge in [-0.2, -0.15) is 0 Å². The number of halogens is 3. The number of likely N-dealkylation sites (tertiary alicyclic amines) is 1. The van der Waals surface area contributed by atoms with Crippen molar-refractivity contribution in [2.75, 3.05) is 29.9 Å². The van der Waals surface area contributed by atoms with Crippen LogP contribution >= 0.6 is 11.6 Å². The van der Waals surface area contributed by atoms with Crippen molar-refractivity contribution < 1.29 is 23.0 Å². The van der Waals surface area contributed by atoms with Crippen LogP contribution in [0.1, 0.15) is 46.5 Å². The lowest BCUT2D eigenvalue weighted by atomic mass is 9.83. The van der Waals surface area contributed by atoms with E-state index in [1.807, 2.05) is 32.9 Å². The molecule has 2 atom stereocenters. The number of fused-ring (bicyclic) bond motifs is 3. The molecule has 3 aromatic rings. The lowest BCUT2D eigenvalue weighted by molar-refractivity contribution is 0.0124. The maximum Gasteiger partial charge on any atom is 0.410 e. The van der Waals surface area contributed by atoms with E-state index in [2.05, 4.69) is 20.2 Å². The minimum atomic E-state index is -1.37. The maximum absolute atomic E-state index is 15.2. The average molecular weight is 573 g/mol. The van der Waals surface area contributed by atoms with Gasteiger partial charge in [-0.05, 0) is 70.7 Å². The van der Waals surface area contributed by atoms with E-state index in [0.29, 0.717) is 42.8 Å². The minimum absolute atomic E-state index is 0.0375. The summed E-state index contributed by atoms with van der Waals surface area (Å²) >= 11 is 6.24. The molecule has 1 aromatic carbocycles. The first kappa shape index (κ1) is 26.7. The molecule has 2 saturated heterocycles. The summed E-state index contributed by atoms with van der Waals surface area (Å²) in [4.78, 5) is 30.0. The maximum atomic E-state index is 15.2. The minimum Gasteiger partial charge on any atom is -0.489 e. The van der Waals surface area contributed by atoms with Crippen LogP contribution < -0.4 is 15.0 Å². The first-order valence-electron chi connectivity index (χ1n) is 13.4. The number of rotatable bonds is 6. The van der Waals surface area contributed by atoms with Crippen LogP contribution in [0.15, 0.2) is 30.6 Å². The monoisotopic (exact) mass is 572 g/mol. The van der Waals surface area contributed by atoms with Crippen LogP contribution in [0.5, 0.6) is 5.75 Å². The van der Waals surface area contributed by atoms with Gasteiger partial charge in [0.1, 0.15) is 46.3 Å². The Bertz CT molecular complexity index is 1460. The Kier molecular flexibility index (Phi) is 6.59. The fraction of sp³-hybridized carbons (Fsp3) is 0.500. The number of aromatic nitrogens is 3. The van der Waals surface area contributed by atoms with E-state index < -0.39 is 17.1 Å². The van der Waals surface area contributed by atoms with Gasteiger partial charge < -0.3 is 24.6 Å². The fourth-order valence-electron chi connectivity index (χ4n) is 5.45. The molecule has 2 bridgehead atoms. The smallest absolute Gasteiger partial charge is 0.410 e. The van der Waals surface area contributed by atoms with E-state index in [1.165, 1.54) is 18.5 Å². The second kappa shape index (κ2) is 9.87. The highest BCUT2D eigenvalue weighted by Crippen LogP contribution is 2.39. The van der Waals surface area contributed by atoms with E-state index in [4.69, 9.17) is 26.1 Å². The van der Waals surface area contributed by atoms with Gasteiger partial charge in [0.05, 0.1) is 23.3 Å². The van der Waals surface area contributed by atoms with Gasteiger partial charge in [-0.15, -0.1) is 0 Å². The number of nitrogens with zero attached hydrogens (tertiary/aromatic N) is 5. The molecule has 9 nitrogen and oxygen atoms in total. The summed E-state index contributed by atoms with van der Waals surface area (Å²) in [5.74, 6) is 0.390. The summed E-state index contributed by atoms with van der Waals surface area (Å²) in [5.41, 5.74) is -0.792. The highest BCUT2D eigenvalue weighted by Gasteiger charge is 2.47. The molecule has 1 amide bonds. The Morgan fingerprint density at radius 2 is 1.98 bits per heavy atom. The van der Waals surface area contributed by atoms with Crippen molar-refractivity contribution in [1.29, 1.82) is 0 Å². The van der Waals surface area contributed by atoms with Crippen LogP contribution in [-0.2, 0) is 4.74 Å². The quantitative estimate of drug-likeness (QED) is 0.383. The predicted molar refractivity (Wildman–Crippen MR) is 148 cm³/mol. The molecule has 212 valence electrons. The van der Waals surface area contributed by atoms with Crippen molar-refractivity contribution >= 4 is 46.1 Å². The van der Waals surface area contributed by atoms with Crippen molar-refractivity contribution in [1.82, 2.24) is 19.9 Å². The summed E-state index contributed by atoms with van der Waals surface area (Å²) in [7, 11) is 0. The summed E-state index contributed by atoms with van der Waals surface area (Å²) in [6.07, 6.45) is 3.59. The molecule has 0 unspecified atom stereocenters. The van der Waals surface area contributed by atoms with Crippen LogP contribution in [0.25, 0.3) is 11.0 Å². The number of nitrogens with one attached hydrogen (secondary N) is 1. The summed E-state index contributed by atoms with van der Waals surface area (Å²) in [6.45, 7) is 6.60. The Labute approximate surface area is 235 Å². The number of hydrogen-bond acceptors (Lipinski definition) is 8. The molecule has 1 aliphatic carbocycles. The number of benzene rings is 1. The van der Waals surface area contributed by atoms with Crippen LogP contribution in [-0.4, -0.2) is 69.0 Å². The van der Waals surface area contributed by atoms with E-state index in [1.54, 1.807) is 4.90 Å². The third-order valence-electron chi connectivity index (χ3n) is 7.67. The van der Waals surface area contributed by atoms with Crippen molar-refractivity contribution in [2.24, 2.45) is 0 Å². The number of carbonyl (C=O) groups excluding carboxylic acids is 1. The van der Waals surface area contributed by atoms with Crippen molar-refractivity contribution in [3.05, 3.63) is 41.4 Å². The summed E-state index contributed by atoms with van der Waals surface area (Å²) in [5, 5.41) is 2.75. The molecular formula is C28H31ClF2N6O3. The molecule has 1 N–H and O–H groups in total. The molecule has 4 heterocycles. The van der Waals surface area contributed by atoms with Crippen LogP contribution in [0.3, 0.4) is 0 Å². The summed E-state index contributed by atoms with van der Waals surface area (Å²) in [6, 6.07) is 6.86. The van der Waals surface area contributed by atoms with Gasteiger partial charge in [-0.3, -0.25) is 0 Å². The standard InChI is InChI=1S/C28H31ClF2N6O3/c1-27(2,3)40-26(38)37-13-16-11-17(37)12-36(16)21-8-6-19-24(35-21)25(33-15-32-19)34-18-5-7-20(22(29)23(18)30)39-14-28(31)9-4-10-28/h5-8,15-17H,4,9-14H2,1-3H3,(H,32,33,34)/t16-,17-/m0/s1. The summed E-state index contributed by atoms with van der Waals surface area (Å²) < 4.78 is 40.6. The first-order valence-corrected chi connectivity index (χ1v) is 13.8. The van der Waals surface area contributed by atoms with Crippen LogP contribution in [0.4, 0.5) is 30.9 Å². The van der Waals surface area contributed by atoms with E-state index in [9.17, 15) is 9.18 Å². The Morgan fingerprint density at radius 3 is 2.65 bits per heavy atom. The second-order valence-corrected chi connectivity index (χ2v) is 12.1. The molecule has 3 fully saturated rings. The van der Waals surface area contributed by atoms with Crippen molar-refractivity contribution in [2.45, 2.75) is 69.8 Å². The highest BCUT2D eigenvalue weighted by molar-refractivity contribution is 6.32. The predicted octanol–water partition coefficient (Wildman–Crippen LogP) is 6.03. The number of amides is 1. The molecular weight excluding hydrogens is 542 g/mol. The molecule has 40 heavy (non-hydrogen) atoms. The zero-order valence-corrected chi connectivity index (χ0v) is 23.3. The molecule has 0 radical (unpaired) electrons. The SMILES string of the molecule is CC(C)(C)OC(=O)N1C[C@@H]2C[C@H]1CN2c1ccc2ncnc(Nc3ccc(OCC4(F)CCC4)c(Cl)c3F)c2n1. The molecule has 2 aliphatic heterocycles. The number of alkyl halides is 1. The lowest BCUT2D eigenvalue weighted by Crippen LogP contribution is -2.50. The molecule has 6 rings (SSSR count). The first-order chi connectivity index (χ1) is 19.0. The normalized spacial score (nSPS) is 21.4. The van der Waals surface area contributed by atoms with Crippen LogP contribution in [0.2, 0.25) is 5.02 Å². The van der Waals surface area contributed by atoms with Crippen molar-refractivity contribution in [3.63, 3.8) is 0 Å². The number of anilines is 3. The van der Waals surface area contributed by atoms with Gasteiger partial charge in [0.2, 0.25) is 0 Å². The average Bonchev–Trinajstić information content (AvgIpc) is 3.50. The molecule has 12 heteroatoms. The van der Waals surface area contributed by atoms with Crippen molar-refractivity contribution in [3.8, 4) is 5.75 Å². The zero-order chi connectivity index (χ0) is 28.2. The van der Waals surface area contributed by atoms with E-state index in [-0.39, 0.29) is 41.2 Å². The van der Waals surface area contributed by atoms with E-state index >= 15 is 4.39 Å². The number of ether oxygens (including phenoxy) is 2. The second-order valence-electron chi connectivity index (χ2n) is 11.7. The largest absolute Gasteiger partial charge is 0.489 e. The highest BCUT2D eigenvalue weighted by atomic mass is 35.5. The number of hydrogen-bond donors (Lipinski definition) is 1. The van der Waals surface area contributed by atoms with Gasteiger partial charge in [0.15, 0.2) is 11.6 Å². The van der Waals surface area contributed by atoms with Gasteiger partial charge in [0.25, 0.3) is 0 Å². The third kappa shape index (κ3) is 5.07. The lowest BCUT2D eigenvalue weighted by Gasteiger charge is -2.35. The number of carbonyl (C=O) groups is 1. The van der Waals surface area contributed by atoms with Gasteiger partial charge >= 0.3 is 6.09 Å². The Hall–Kier alpha value is -3.47. The fourth-order valence-corrected chi connectivity index (χ4v) is 5.67. The van der Waals surface area contributed by atoms with Crippen LogP contribution in [0, 0.1) is 5.82 Å².